The molecule has 0 aromatic heterocycles. The molecule has 2 nitrogen and oxygen atoms in total. The lowest BCUT2D eigenvalue weighted by molar-refractivity contribution is 0.185. The summed E-state index contributed by atoms with van der Waals surface area (Å²) in [4.78, 5) is 2.76. The van der Waals surface area contributed by atoms with Gasteiger partial charge in [-0.05, 0) is 57.0 Å². The van der Waals surface area contributed by atoms with Crippen molar-refractivity contribution in [1.29, 1.82) is 0 Å². The van der Waals surface area contributed by atoms with Gasteiger partial charge >= 0.3 is 0 Å². The third-order valence-electron chi connectivity index (χ3n) is 5.13. The highest BCUT2D eigenvalue weighted by molar-refractivity contribution is 4.85. The fourth-order valence-electron chi connectivity index (χ4n) is 4.08. The summed E-state index contributed by atoms with van der Waals surface area (Å²) in [6, 6.07) is 0.805. The molecule has 2 fully saturated rings. The van der Waals surface area contributed by atoms with Crippen molar-refractivity contribution in [3.8, 4) is 0 Å². The summed E-state index contributed by atoms with van der Waals surface area (Å²) in [5, 5.41) is 3.81. The second-order valence-corrected chi connectivity index (χ2v) is 6.81. The average Bonchev–Trinajstić information content (AvgIpc) is 2.86. The smallest absolute Gasteiger partial charge is 0.0107 e. The standard InChI is InChI=1S/C17H34N2/c1-3-7-15-10-12-19(13-15)14-16-8-5-6-9-17(16)18-11-4-2/h15-18H,3-14H2,1-2H3. The fourth-order valence-corrected chi connectivity index (χ4v) is 4.08. The maximum Gasteiger partial charge on any atom is 0.0107 e. The maximum atomic E-state index is 3.81. The molecule has 0 amide bonds. The van der Waals surface area contributed by atoms with Crippen molar-refractivity contribution in [2.45, 2.75) is 71.3 Å². The van der Waals surface area contributed by atoms with Crippen molar-refractivity contribution in [1.82, 2.24) is 10.2 Å². The molecular formula is C17H34N2. The van der Waals surface area contributed by atoms with Crippen LogP contribution in [0, 0.1) is 11.8 Å². The fraction of sp³-hybridized carbons (Fsp3) is 1.00. The zero-order valence-corrected chi connectivity index (χ0v) is 13.2. The van der Waals surface area contributed by atoms with Crippen LogP contribution in [-0.2, 0) is 0 Å². The Morgan fingerprint density at radius 2 is 1.89 bits per heavy atom. The highest BCUT2D eigenvalue weighted by Crippen LogP contribution is 2.28. The largest absolute Gasteiger partial charge is 0.314 e. The average molecular weight is 266 g/mol. The van der Waals surface area contributed by atoms with Gasteiger partial charge in [0.15, 0.2) is 0 Å². The summed E-state index contributed by atoms with van der Waals surface area (Å²) in [5.41, 5.74) is 0. The molecule has 0 bridgehead atoms. The first-order chi connectivity index (χ1) is 9.33. The quantitative estimate of drug-likeness (QED) is 0.756. The van der Waals surface area contributed by atoms with E-state index in [1.54, 1.807) is 0 Å². The van der Waals surface area contributed by atoms with Gasteiger partial charge in [-0.15, -0.1) is 0 Å². The summed E-state index contributed by atoms with van der Waals surface area (Å²) in [7, 11) is 0. The molecule has 1 N–H and O–H groups in total. The van der Waals surface area contributed by atoms with E-state index in [-0.39, 0.29) is 0 Å². The highest BCUT2D eigenvalue weighted by Gasteiger charge is 2.29. The number of hydrogen-bond acceptors (Lipinski definition) is 2. The first kappa shape index (κ1) is 15.3. The highest BCUT2D eigenvalue weighted by atomic mass is 15.2. The SMILES string of the molecule is CCCNC1CCCCC1CN1CCC(CCC)C1. The molecule has 0 radical (unpaired) electrons. The molecule has 2 rings (SSSR count). The summed E-state index contributed by atoms with van der Waals surface area (Å²) in [6.07, 6.45) is 11.3. The van der Waals surface area contributed by atoms with Gasteiger partial charge in [-0.25, -0.2) is 0 Å². The minimum atomic E-state index is 0.805. The Morgan fingerprint density at radius 1 is 1.05 bits per heavy atom. The van der Waals surface area contributed by atoms with Gasteiger partial charge in [0.05, 0.1) is 0 Å². The monoisotopic (exact) mass is 266 g/mol. The van der Waals surface area contributed by atoms with Crippen LogP contribution in [0.4, 0.5) is 0 Å². The van der Waals surface area contributed by atoms with Gasteiger partial charge in [0.25, 0.3) is 0 Å². The number of nitrogens with one attached hydrogen (secondary N) is 1. The summed E-state index contributed by atoms with van der Waals surface area (Å²) in [6.45, 7) is 9.92. The van der Waals surface area contributed by atoms with E-state index in [4.69, 9.17) is 0 Å². The predicted molar refractivity (Wildman–Crippen MR) is 83.5 cm³/mol. The molecule has 1 heterocycles. The van der Waals surface area contributed by atoms with Crippen LogP contribution in [0.3, 0.4) is 0 Å². The van der Waals surface area contributed by atoms with Crippen molar-refractivity contribution >= 4 is 0 Å². The molecule has 2 aliphatic rings. The van der Waals surface area contributed by atoms with Gasteiger partial charge in [0.1, 0.15) is 0 Å². The molecule has 0 aromatic carbocycles. The Balaban J connectivity index is 1.76. The molecule has 1 saturated heterocycles. The number of nitrogens with zero attached hydrogens (tertiary/aromatic N) is 1. The van der Waals surface area contributed by atoms with E-state index in [9.17, 15) is 0 Å². The van der Waals surface area contributed by atoms with E-state index in [1.165, 1.54) is 77.5 Å². The number of likely N-dealkylation sites (tertiary alicyclic amines) is 1. The molecule has 19 heavy (non-hydrogen) atoms. The number of hydrogen-bond donors (Lipinski definition) is 1. The normalized spacial score (nSPS) is 32.8. The maximum absolute atomic E-state index is 3.81. The van der Waals surface area contributed by atoms with Crippen molar-refractivity contribution in [2.24, 2.45) is 11.8 Å². The van der Waals surface area contributed by atoms with Crippen molar-refractivity contribution in [2.75, 3.05) is 26.2 Å². The third kappa shape index (κ3) is 4.75. The lowest BCUT2D eigenvalue weighted by Gasteiger charge is -2.35. The number of rotatable bonds is 7. The van der Waals surface area contributed by atoms with Crippen LogP contribution in [0.1, 0.15) is 65.2 Å². The Kier molecular flexibility index (Phi) is 6.66. The Hall–Kier alpha value is -0.0800. The van der Waals surface area contributed by atoms with Crippen molar-refractivity contribution < 1.29 is 0 Å². The van der Waals surface area contributed by atoms with Gasteiger partial charge in [0.2, 0.25) is 0 Å². The predicted octanol–water partition coefficient (Wildman–Crippen LogP) is 3.67. The first-order valence-electron chi connectivity index (χ1n) is 8.79. The van der Waals surface area contributed by atoms with E-state index in [0.29, 0.717) is 0 Å². The molecule has 1 saturated carbocycles. The minimum absolute atomic E-state index is 0.805. The third-order valence-corrected chi connectivity index (χ3v) is 5.13. The zero-order valence-electron chi connectivity index (χ0n) is 13.2. The topological polar surface area (TPSA) is 15.3 Å². The Labute approximate surface area is 120 Å². The Bertz CT molecular complexity index is 241. The first-order valence-corrected chi connectivity index (χ1v) is 8.79. The molecule has 112 valence electrons. The van der Waals surface area contributed by atoms with Crippen LogP contribution in [0.15, 0.2) is 0 Å². The molecular weight excluding hydrogens is 232 g/mol. The van der Waals surface area contributed by atoms with E-state index in [2.05, 4.69) is 24.1 Å². The van der Waals surface area contributed by atoms with E-state index < -0.39 is 0 Å². The van der Waals surface area contributed by atoms with E-state index in [0.717, 1.165) is 17.9 Å². The van der Waals surface area contributed by atoms with E-state index in [1.807, 2.05) is 0 Å². The minimum Gasteiger partial charge on any atom is -0.314 e. The van der Waals surface area contributed by atoms with Crippen molar-refractivity contribution in [3.63, 3.8) is 0 Å². The van der Waals surface area contributed by atoms with Crippen LogP contribution < -0.4 is 5.32 Å². The molecule has 0 spiro atoms. The second kappa shape index (κ2) is 8.26. The second-order valence-electron chi connectivity index (χ2n) is 6.81. The van der Waals surface area contributed by atoms with Crippen LogP contribution in [0.5, 0.6) is 0 Å². The van der Waals surface area contributed by atoms with Crippen LogP contribution >= 0.6 is 0 Å². The lowest BCUT2D eigenvalue weighted by atomic mass is 9.84. The Morgan fingerprint density at radius 3 is 2.68 bits per heavy atom. The van der Waals surface area contributed by atoms with Gasteiger partial charge in [-0.1, -0.05) is 33.1 Å². The van der Waals surface area contributed by atoms with Crippen molar-refractivity contribution in [3.05, 3.63) is 0 Å². The lowest BCUT2D eigenvalue weighted by Crippen LogP contribution is -2.44. The van der Waals surface area contributed by atoms with Crippen LogP contribution in [0.2, 0.25) is 0 Å². The molecule has 2 heteroatoms. The molecule has 1 aliphatic heterocycles. The van der Waals surface area contributed by atoms with Gasteiger partial charge < -0.3 is 10.2 Å². The molecule has 0 aromatic rings. The summed E-state index contributed by atoms with van der Waals surface area (Å²) >= 11 is 0. The van der Waals surface area contributed by atoms with Gasteiger partial charge in [-0.2, -0.15) is 0 Å². The van der Waals surface area contributed by atoms with Crippen LogP contribution in [-0.4, -0.2) is 37.1 Å². The molecule has 3 atom stereocenters. The van der Waals surface area contributed by atoms with Gasteiger partial charge in [-0.3, -0.25) is 0 Å². The molecule has 3 unspecified atom stereocenters. The summed E-state index contributed by atoms with van der Waals surface area (Å²) in [5.74, 6) is 1.91. The zero-order chi connectivity index (χ0) is 13.5. The molecule has 1 aliphatic carbocycles. The van der Waals surface area contributed by atoms with Crippen LogP contribution in [0.25, 0.3) is 0 Å². The van der Waals surface area contributed by atoms with E-state index >= 15 is 0 Å². The van der Waals surface area contributed by atoms with Gasteiger partial charge in [0, 0.05) is 19.1 Å². The summed E-state index contributed by atoms with van der Waals surface area (Å²) < 4.78 is 0.